The first-order valence-electron chi connectivity index (χ1n) is 4.21. The zero-order valence-electron chi connectivity index (χ0n) is 6.99. The smallest absolute Gasteiger partial charge is 0.338 e. The summed E-state index contributed by atoms with van der Waals surface area (Å²) in [5.41, 5.74) is 1.22. The number of hydrogen-bond donors (Lipinski definition) is 2. The number of carboxylic acids is 1. The van der Waals surface area contributed by atoms with Gasteiger partial charge in [0.15, 0.2) is 6.10 Å². The van der Waals surface area contributed by atoms with Gasteiger partial charge in [0.2, 0.25) is 0 Å². The number of carboxylic acid groups (broad SMARTS) is 1. The average Bonchev–Trinajstić information content (AvgIpc) is 2.59. The van der Waals surface area contributed by atoms with Gasteiger partial charge in [0.1, 0.15) is 0 Å². The number of fused-ring (bicyclic) bond motifs is 1. The zero-order chi connectivity index (χ0) is 9.42. The Kier molecular flexibility index (Phi) is 2.09. The third-order valence-corrected chi connectivity index (χ3v) is 3.56. The van der Waals surface area contributed by atoms with Gasteiger partial charge in [-0.25, -0.2) is 4.79 Å². The third-order valence-electron chi connectivity index (χ3n) is 2.27. The van der Waals surface area contributed by atoms with Gasteiger partial charge in [-0.2, -0.15) is 0 Å². The summed E-state index contributed by atoms with van der Waals surface area (Å²) in [5.74, 6) is -1.17. The van der Waals surface area contributed by atoms with Crippen LogP contribution in [0.3, 0.4) is 0 Å². The molecule has 1 atom stereocenters. The van der Waals surface area contributed by atoms with Crippen molar-refractivity contribution in [3.05, 3.63) is 21.4 Å². The van der Waals surface area contributed by atoms with E-state index in [-0.39, 0.29) is 0 Å². The van der Waals surface area contributed by atoms with E-state index in [0.717, 1.165) is 19.3 Å². The van der Waals surface area contributed by atoms with E-state index in [4.69, 9.17) is 5.11 Å². The van der Waals surface area contributed by atoms with Crippen LogP contribution in [0.2, 0.25) is 0 Å². The minimum absolute atomic E-state index is 0.567. The van der Waals surface area contributed by atoms with Gasteiger partial charge in [-0.3, -0.25) is 0 Å². The van der Waals surface area contributed by atoms with Crippen LogP contribution < -0.4 is 0 Å². The maximum atomic E-state index is 10.5. The number of aliphatic hydroxyl groups excluding tert-OH is 1. The van der Waals surface area contributed by atoms with Crippen LogP contribution in [-0.4, -0.2) is 16.2 Å². The predicted octanol–water partition coefficient (Wildman–Crippen LogP) is 1.35. The molecule has 1 unspecified atom stereocenters. The number of hydrogen-bond acceptors (Lipinski definition) is 3. The molecule has 4 heteroatoms. The summed E-state index contributed by atoms with van der Waals surface area (Å²) in [6.45, 7) is 0. The van der Waals surface area contributed by atoms with Crippen LogP contribution in [0.25, 0.3) is 0 Å². The van der Waals surface area contributed by atoms with Gasteiger partial charge in [-0.15, -0.1) is 11.3 Å². The molecule has 0 aromatic carbocycles. The summed E-state index contributed by atoms with van der Waals surface area (Å²) in [6.07, 6.45) is 1.88. The summed E-state index contributed by atoms with van der Waals surface area (Å²) >= 11 is 1.43. The Labute approximate surface area is 79.6 Å². The minimum Gasteiger partial charge on any atom is -0.479 e. The molecule has 1 aromatic rings. The standard InChI is InChI=1S/C9H10O3S/c10-8(9(11)12)7-4-5-2-1-3-6(5)13-7/h4,8,10H,1-3H2,(H,11,12). The molecule has 0 aliphatic heterocycles. The van der Waals surface area contributed by atoms with E-state index in [2.05, 4.69) is 0 Å². The quantitative estimate of drug-likeness (QED) is 0.754. The molecule has 70 valence electrons. The van der Waals surface area contributed by atoms with Crippen LogP contribution in [-0.2, 0) is 17.6 Å². The molecule has 0 spiro atoms. The lowest BCUT2D eigenvalue weighted by Gasteiger charge is -2.00. The van der Waals surface area contributed by atoms with Crippen molar-refractivity contribution in [1.29, 1.82) is 0 Å². The van der Waals surface area contributed by atoms with Crippen molar-refractivity contribution >= 4 is 17.3 Å². The van der Waals surface area contributed by atoms with E-state index >= 15 is 0 Å². The van der Waals surface area contributed by atoms with Crippen LogP contribution in [0, 0.1) is 0 Å². The van der Waals surface area contributed by atoms with Crippen molar-refractivity contribution in [2.45, 2.75) is 25.4 Å². The Morgan fingerprint density at radius 3 is 2.92 bits per heavy atom. The molecule has 1 aliphatic rings. The molecule has 1 heterocycles. The fourth-order valence-electron chi connectivity index (χ4n) is 1.61. The Hall–Kier alpha value is -0.870. The topological polar surface area (TPSA) is 57.5 Å². The van der Waals surface area contributed by atoms with Gasteiger partial charge in [-0.05, 0) is 30.9 Å². The van der Waals surface area contributed by atoms with Crippen molar-refractivity contribution in [3.63, 3.8) is 0 Å². The van der Waals surface area contributed by atoms with Crippen molar-refractivity contribution in [2.75, 3.05) is 0 Å². The number of thiophene rings is 1. The van der Waals surface area contributed by atoms with E-state index in [1.54, 1.807) is 0 Å². The van der Waals surface area contributed by atoms with Gasteiger partial charge in [-0.1, -0.05) is 0 Å². The molecular formula is C9H10O3S. The SMILES string of the molecule is O=C(O)C(O)c1cc2c(s1)CCC2. The number of carbonyl (C=O) groups is 1. The Bertz CT molecular complexity index is 321. The lowest BCUT2D eigenvalue weighted by Crippen LogP contribution is -2.08. The number of aryl methyl sites for hydroxylation is 2. The lowest BCUT2D eigenvalue weighted by molar-refractivity contribution is -0.146. The zero-order valence-corrected chi connectivity index (χ0v) is 7.80. The van der Waals surface area contributed by atoms with E-state index in [0.29, 0.717) is 4.88 Å². The highest BCUT2D eigenvalue weighted by Crippen LogP contribution is 2.33. The highest BCUT2D eigenvalue weighted by Gasteiger charge is 2.22. The summed E-state index contributed by atoms with van der Waals surface area (Å²) < 4.78 is 0. The van der Waals surface area contributed by atoms with Crippen molar-refractivity contribution < 1.29 is 15.0 Å². The minimum atomic E-state index is -1.34. The summed E-state index contributed by atoms with van der Waals surface area (Å²) in [4.78, 5) is 12.3. The summed E-state index contributed by atoms with van der Waals surface area (Å²) in [5, 5.41) is 17.8. The average molecular weight is 198 g/mol. The normalized spacial score (nSPS) is 17.0. The first-order chi connectivity index (χ1) is 6.18. The van der Waals surface area contributed by atoms with Crippen molar-refractivity contribution in [1.82, 2.24) is 0 Å². The number of aliphatic carboxylic acids is 1. The van der Waals surface area contributed by atoms with Crippen molar-refractivity contribution in [2.24, 2.45) is 0 Å². The van der Waals surface area contributed by atoms with Gasteiger partial charge in [0.05, 0.1) is 0 Å². The molecule has 0 bridgehead atoms. The first kappa shape index (κ1) is 8.72. The molecule has 2 rings (SSSR count). The summed E-state index contributed by atoms with van der Waals surface area (Å²) in [6, 6.07) is 1.83. The second-order valence-corrected chi connectivity index (χ2v) is 4.36. The summed E-state index contributed by atoms with van der Waals surface area (Å²) in [7, 11) is 0. The molecule has 1 aliphatic carbocycles. The van der Waals surface area contributed by atoms with Crippen LogP contribution >= 0.6 is 11.3 Å². The van der Waals surface area contributed by atoms with E-state index in [9.17, 15) is 9.90 Å². The molecule has 2 N–H and O–H groups in total. The fraction of sp³-hybridized carbons (Fsp3) is 0.444. The second-order valence-electron chi connectivity index (χ2n) is 3.19. The monoisotopic (exact) mass is 198 g/mol. The molecule has 0 saturated carbocycles. The Morgan fingerprint density at radius 1 is 1.54 bits per heavy atom. The van der Waals surface area contributed by atoms with Gasteiger partial charge in [0.25, 0.3) is 0 Å². The molecule has 0 amide bonds. The number of aliphatic hydroxyl groups is 1. The van der Waals surface area contributed by atoms with Gasteiger partial charge < -0.3 is 10.2 Å². The van der Waals surface area contributed by atoms with Crippen LogP contribution in [0.5, 0.6) is 0 Å². The molecule has 13 heavy (non-hydrogen) atoms. The highest BCUT2D eigenvalue weighted by molar-refractivity contribution is 7.12. The van der Waals surface area contributed by atoms with Crippen LogP contribution in [0.4, 0.5) is 0 Å². The number of rotatable bonds is 2. The van der Waals surface area contributed by atoms with Gasteiger partial charge >= 0.3 is 5.97 Å². The second kappa shape index (κ2) is 3.12. The molecule has 0 radical (unpaired) electrons. The Balaban J connectivity index is 2.28. The van der Waals surface area contributed by atoms with Crippen molar-refractivity contribution in [3.8, 4) is 0 Å². The third kappa shape index (κ3) is 1.47. The maximum Gasteiger partial charge on any atom is 0.338 e. The van der Waals surface area contributed by atoms with Crippen LogP contribution in [0.1, 0.15) is 27.8 Å². The largest absolute Gasteiger partial charge is 0.479 e. The fourth-order valence-corrected chi connectivity index (χ4v) is 2.85. The molecule has 1 aromatic heterocycles. The molecule has 0 saturated heterocycles. The van der Waals surface area contributed by atoms with E-state index < -0.39 is 12.1 Å². The van der Waals surface area contributed by atoms with Crippen LogP contribution in [0.15, 0.2) is 6.07 Å². The first-order valence-corrected chi connectivity index (χ1v) is 5.02. The lowest BCUT2D eigenvalue weighted by atomic mass is 10.2. The maximum absolute atomic E-state index is 10.5. The predicted molar refractivity (Wildman–Crippen MR) is 48.9 cm³/mol. The van der Waals surface area contributed by atoms with Gasteiger partial charge in [0, 0.05) is 9.75 Å². The Morgan fingerprint density at radius 2 is 2.31 bits per heavy atom. The van der Waals surface area contributed by atoms with E-state index in [1.807, 2.05) is 6.07 Å². The molecule has 3 nitrogen and oxygen atoms in total. The molecular weight excluding hydrogens is 188 g/mol. The van der Waals surface area contributed by atoms with E-state index in [1.165, 1.54) is 21.8 Å². The molecule has 0 fully saturated rings. The highest BCUT2D eigenvalue weighted by atomic mass is 32.1.